The molecule has 0 fully saturated rings. The molecule has 18 heavy (non-hydrogen) atoms. The Morgan fingerprint density at radius 1 is 1.17 bits per heavy atom. The van der Waals surface area contributed by atoms with Gasteiger partial charge >= 0.3 is 6.18 Å². The van der Waals surface area contributed by atoms with Gasteiger partial charge in [0.15, 0.2) is 5.75 Å². The topological polar surface area (TPSA) is 34.5 Å². The summed E-state index contributed by atoms with van der Waals surface area (Å²) in [5.41, 5.74) is -0.102. The largest absolute Gasteiger partial charge is 0.485 e. The highest BCUT2D eigenvalue weighted by atomic mass is 19.4. The number of hydrogen-bond acceptors (Lipinski definition) is 3. The summed E-state index contributed by atoms with van der Waals surface area (Å²) < 4.78 is 44.2. The fourth-order valence-corrected chi connectivity index (χ4v) is 1.94. The molecule has 0 atom stereocenters. The SMILES string of the molecule is FC(F)(F)c1ccnc2ccc3c(c12)OCC=N3. The van der Waals surface area contributed by atoms with Crippen molar-refractivity contribution >= 4 is 22.8 Å². The quantitative estimate of drug-likeness (QED) is 0.720. The molecule has 0 aliphatic carbocycles. The van der Waals surface area contributed by atoms with Gasteiger partial charge in [-0.15, -0.1) is 0 Å². The van der Waals surface area contributed by atoms with Gasteiger partial charge in [0, 0.05) is 12.4 Å². The van der Waals surface area contributed by atoms with Crippen molar-refractivity contribution in [2.24, 2.45) is 4.99 Å². The molecule has 2 heterocycles. The molecule has 92 valence electrons. The van der Waals surface area contributed by atoms with Gasteiger partial charge in [-0.05, 0) is 18.2 Å². The second kappa shape index (κ2) is 3.69. The van der Waals surface area contributed by atoms with E-state index in [1.165, 1.54) is 12.3 Å². The Kier molecular flexibility index (Phi) is 2.26. The summed E-state index contributed by atoms with van der Waals surface area (Å²) in [7, 11) is 0. The van der Waals surface area contributed by atoms with E-state index in [4.69, 9.17) is 4.74 Å². The molecule has 0 N–H and O–H groups in total. The average Bonchev–Trinajstić information content (AvgIpc) is 2.36. The number of rotatable bonds is 0. The number of aromatic nitrogens is 1. The lowest BCUT2D eigenvalue weighted by Gasteiger charge is -2.17. The number of aliphatic imine (C=N–C) groups is 1. The molecule has 1 aliphatic heterocycles. The third kappa shape index (κ3) is 1.61. The molecule has 3 nitrogen and oxygen atoms in total. The molecule has 3 rings (SSSR count). The van der Waals surface area contributed by atoms with Gasteiger partial charge in [0.05, 0.1) is 16.5 Å². The Balaban J connectivity index is 2.41. The van der Waals surface area contributed by atoms with E-state index in [1.807, 2.05) is 0 Å². The Morgan fingerprint density at radius 3 is 2.78 bits per heavy atom. The molecule has 0 bridgehead atoms. The van der Waals surface area contributed by atoms with E-state index in [2.05, 4.69) is 9.98 Å². The molecule has 1 aromatic carbocycles. The third-order valence-electron chi connectivity index (χ3n) is 2.68. The van der Waals surface area contributed by atoms with E-state index in [0.717, 1.165) is 12.3 Å². The van der Waals surface area contributed by atoms with Gasteiger partial charge in [0.1, 0.15) is 12.3 Å². The van der Waals surface area contributed by atoms with E-state index < -0.39 is 11.7 Å². The van der Waals surface area contributed by atoms with Crippen molar-refractivity contribution in [3.8, 4) is 5.75 Å². The van der Waals surface area contributed by atoms with Crippen molar-refractivity contribution in [3.63, 3.8) is 0 Å². The molecule has 0 radical (unpaired) electrons. The van der Waals surface area contributed by atoms with Crippen LogP contribution in [0, 0.1) is 0 Å². The molecule has 0 saturated heterocycles. The van der Waals surface area contributed by atoms with Crippen LogP contribution in [0.2, 0.25) is 0 Å². The Bertz CT molecular complexity index is 650. The zero-order valence-corrected chi connectivity index (χ0v) is 9.03. The van der Waals surface area contributed by atoms with Crippen molar-refractivity contribution in [1.82, 2.24) is 4.98 Å². The molecule has 0 spiro atoms. The van der Waals surface area contributed by atoms with E-state index in [9.17, 15) is 13.2 Å². The number of hydrogen-bond donors (Lipinski definition) is 0. The van der Waals surface area contributed by atoms with Gasteiger partial charge in [0.2, 0.25) is 0 Å². The summed E-state index contributed by atoms with van der Waals surface area (Å²) in [5, 5.41) is -0.0284. The predicted octanol–water partition coefficient (Wildman–Crippen LogP) is 3.35. The van der Waals surface area contributed by atoms with Crippen molar-refractivity contribution in [2.45, 2.75) is 6.18 Å². The first kappa shape index (κ1) is 11.0. The number of alkyl halides is 3. The minimum atomic E-state index is -4.44. The highest BCUT2D eigenvalue weighted by Gasteiger charge is 2.34. The number of fused-ring (bicyclic) bond motifs is 3. The van der Waals surface area contributed by atoms with Gasteiger partial charge < -0.3 is 4.74 Å². The van der Waals surface area contributed by atoms with Crippen LogP contribution in [-0.4, -0.2) is 17.8 Å². The highest BCUT2D eigenvalue weighted by molar-refractivity contribution is 5.94. The number of benzene rings is 1. The van der Waals surface area contributed by atoms with Gasteiger partial charge in [-0.25, -0.2) is 0 Å². The maximum atomic E-state index is 13.0. The van der Waals surface area contributed by atoms with Gasteiger partial charge in [-0.3, -0.25) is 9.98 Å². The fraction of sp³-hybridized carbons (Fsp3) is 0.167. The summed E-state index contributed by atoms with van der Waals surface area (Å²) in [6, 6.07) is 4.06. The van der Waals surface area contributed by atoms with Crippen LogP contribution < -0.4 is 4.74 Å². The first-order valence-corrected chi connectivity index (χ1v) is 5.21. The fourth-order valence-electron chi connectivity index (χ4n) is 1.94. The Labute approximate surface area is 99.9 Å². The summed E-state index contributed by atoms with van der Waals surface area (Å²) >= 11 is 0. The molecule has 0 unspecified atom stereocenters. The van der Waals surface area contributed by atoms with Crippen molar-refractivity contribution in [2.75, 3.05) is 6.61 Å². The predicted molar refractivity (Wildman–Crippen MR) is 60.4 cm³/mol. The van der Waals surface area contributed by atoms with Crippen molar-refractivity contribution in [3.05, 3.63) is 30.0 Å². The van der Waals surface area contributed by atoms with Crippen LogP contribution in [0.4, 0.5) is 18.9 Å². The number of nitrogens with zero attached hydrogens (tertiary/aromatic N) is 2. The lowest BCUT2D eigenvalue weighted by Crippen LogP contribution is -2.09. The minimum Gasteiger partial charge on any atom is -0.485 e. The van der Waals surface area contributed by atoms with Crippen LogP contribution >= 0.6 is 0 Å². The molecule has 0 saturated carbocycles. The van der Waals surface area contributed by atoms with Gasteiger partial charge in [0.25, 0.3) is 0 Å². The maximum absolute atomic E-state index is 13.0. The third-order valence-corrected chi connectivity index (χ3v) is 2.68. The lowest BCUT2D eigenvalue weighted by molar-refractivity contribution is -0.136. The molecule has 2 aromatic rings. The number of halogens is 3. The molecule has 0 amide bonds. The smallest absolute Gasteiger partial charge is 0.417 e. The lowest BCUT2D eigenvalue weighted by atomic mass is 10.1. The molecular weight excluding hydrogens is 245 g/mol. The summed E-state index contributed by atoms with van der Waals surface area (Å²) in [4.78, 5) is 7.95. The van der Waals surface area contributed by atoms with Crippen LogP contribution in [0.15, 0.2) is 29.4 Å². The van der Waals surface area contributed by atoms with Gasteiger partial charge in [-0.2, -0.15) is 13.2 Å². The van der Waals surface area contributed by atoms with E-state index in [1.54, 1.807) is 6.07 Å². The monoisotopic (exact) mass is 252 g/mol. The second-order valence-electron chi connectivity index (χ2n) is 3.79. The summed E-state index contributed by atoms with van der Waals surface area (Å²) in [6.07, 6.45) is -1.79. The Hall–Kier alpha value is -2.11. The molecule has 1 aliphatic rings. The maximum Gasteiger partial charge on any atom is 0.417 e. The Morgan fingerprint density at radius 2 is 2.00 bits per heavy atom. The molecular formula is C12H7F3N2O. The van der Waals surface area contributed by atoms with E-state index in [-0.39, 0.29) is 23.3 Å². The van der Waals surface area contributed by atoms with Crippen LogP contribution in [-0.2, 0) is 6.18 Å². The zero-order valence-electron chi connectivity index (χ0n) is 9.03. The summed E-state index contributed by atoms with van der Waals surface area (Å²) in [6.45, 7) is 0.165. The standard InChI is InChI=1S/C12H7F3N2O/c13-12(14,15)7-3-4-16-8-1-2-9-11(10(7)8)18-6-5-17-9/h1-5H,6H2. The van der Waals surface area contributed by atoms with E-state index in [0.29, 0.717) is 5.69 Å². The second-order valence-corrected chi connectivity index (χ2v) is 3.79. The van der Waals surface area contributed by atoms with Crippen molar-refractivity contribution in [1.29, 1.82) is 0 Å². The van der Waals surface area contributed by atoms with E-state index >= 15 is 0 Å². The van der Waals surface area contributed by atoms with Gasteiger partial charge in [-0.1, -0.05) is 0 Å². The molecule has 6 heteroatoms. The van der Waals surface area contributed by atoms with Crippen LogP contribution in [0.25, 0.3) is 10.9 Å². The first-order valence-electron chi connectivity index (χ1n) is 5.21. The minimum absolute atomic E-state index is 0.0284. The number of ether oxygens (including phenoxy) is 1. The molecule has 1 aromatic heterocycles. The van der Waals surface area contributed by atoms with Crippen LogP contribution in [0.5, 0.6) is 5.75 Å². The zero-order chi connectivity index (χ0) is 12.8. The summed E-state index contributed by atoms with van der Waals surface area (Å²) in [5.74, 6) is 0.149. The average molecular weight is 252 g/mol. The number of pyridine rings is 1. The highest BCUT2D eigenvalue weighted by Crippen LogP contribution is 2.43. The normalized spacial score (nSPS) is 14.4. The first-order chi connectivity index (χ1) is 8.57. The van der Waals surface area contributed by atoms with Crippen LogP contribution in [0.3, 0.4) is 0 Å². The van der Waals surface area contributed by atoms with Crippen LogP contribution in [0.1, 0.15) is 5.56 Å². The van der Waals surface area contributed by atoms with Crippen molar-refractivity contribution < 1.29 is 17.9 Å².